The number of aliphatic imine (C=N–C) groups is 1. The van der Waals surface area contributed by atoms with Gasteiger partial charge < -0.3 is 0 Å². The minimum absolute atomic E-state index is 0.00173. The van der Waals surface area contributed by atoms with Gasteiger partial charge in [0.2, 0.25) is 0 Å². The number of hydrogen-bond donors (Lipinski definition) is 0. The summed E-state index contributed by atoms with van der Waals surface area (Å²) in [5.41, 5.74) is 0.825. The van der Waals surface area contributed by atoms with E-state index in [4.69, 9.17) is 0 Å². The van der Waals surface area contributed by atoms with E-state index in [0.717, 1.165) is 0 Å². The summed E-state index contributed by atoms with van der Waals surface area (Å²) in [6.07, 6.45) is 2.53. The SMILES string of the molecule is C=C1CC(C#N)=C(C#N)N=c2c1c1/c(c3nc(C#N)c(C#N)nc23)=C\CCC(C#N)C(C#N)=N1. The molecule has 0 N–H and O–H groups in total. The van der Waals surface area contributed by atoms with Crippen LogP contribution in [0.25, 0.3) is 22.7 Å². The van der Waals surface area contributed by atoms with Crippen LogP contribution in [0, 0.1) is 73.9 Å². The van der Waals surface area contributed by atoms with Gasteiger partial charge in [-0.1, -0.05) is 12.7 Å². The Kier molecular flexibility index (Phi) is 5.36. The molecule has 2 aromatic rings. The largest absolute Gasteiger partial charge is 0.239 e. The molecule has 0 saturated carbocycles. The third-order valence-electron chi connectivity index (χ3n) is 5.45. The van der Waals surface area contributed by atoms with Crippen molar-refractivity contribution >= 4 is 34.1 Å². The van der Waals surface area contributed by atoms with Crippen LogP contribution < -0.4 is 10.6 Å². The van der Waals surface area contributed by atoms with Gasteiger partial charge >= 0.3 is 0 Å². The Morgan fingerprint density at radius 1 is 0.853 bits per heavy atom. The van der Waals surface area contributed by atoms with Crippen LogP contribution in [0.15, 0.2) is 27.8 Å². The summed E-state index contributed by atoms with van der Waals surface area (Å²) < 4.78 is 0. The topological polar surface area (TPSA) is 193 Å². The molecule has 34 heavy (non-hydrogen) atoms. The second-order valence-electron chi connectivity index (χ2n) is 7.34. The smallest absolute Gasteiger partial charge is 0.177 e. The van der Waals surface area contributed by atoms with Crippen LogP contribution in [-0.2, 0) is 0 Å². The van der Waals surface area contributed by atoms with Crippen molar-refractivity contribution in [1.29, 1.82) is 31.6 Å². The molecule has 0 amide bonds. The lowest BCUT2D eigenvalue weighted by Crippen LogP contribution is -2.24. The normalized spacial score (nSPS) is 17.6. The molecular formula is C24H10N10. The summed E-state index contributed by atoms with van der Waals surface area (Å²) in [5.74, 6) is -0.735. The first-order valence-corrected chi connectivity index (χ1v) is 9.87. The molecule has 0 fully saturated rings. The van der Waals surface area contributed by atoms with E-state index in [1.54, 1.807) is 6.08 Å². The molecule has 0 spiro atoms. The second kappa shape index (κ2) is 8.45. The number of nitrogens with zero attached hydrogens (tertiary/aromatic N) is 10. The number of benzene rings is 1. The predicted molar refractivity (Wildman–Crippen MR) is 117 cm³/mol. The maximum Gasteiger partial charge on any atom is 0.177 e. The van der Waals surface area contributed by atoms with Gasteiger partial charge in [-0.3, -0.25) is 0 Å². The molecule has 2 aliphatic rings. The van der Waals surface area contributed by atoms with Gasteiger partial charge in [-0.25, -0.2) is 20.0 Å². The maximum absolute atomic E-state index is 9.70. The van der Waals surface area contributed by atoms with E-state index in [1.807, 2.05) is 30.3 Å². The molecule has 0 radical (unpaired) electrons. The highest BCUT2D eigenvalue weighted by molar-refractivity contribution is 6.05. The number of rotatable bonds is 0. The van der Waals surface area contributed by atoms with Gasteiger partial charge in [0.15, 0.2) is 17.1 Å². The van der Waals surface area contributed by atoms with Crippen LogP contribution in [0.3, 0.4) is 0 Å². The summed E-state index contributed by atoms with van der Waals surface area (Å²) >= 11 is 0. The van der Waals surface area contributed by atoms with Crippen molar-refractivity contribution in [3.05, 3.63) is 45.4 Å². The van der Waals surface area contributed by atoms with Crippen molar-refractivity contribution < 1.29 is 0 Å². The number of hydrogen-bond acceptors (Lipinski definition) is 10. The van der Waals surface area contributed by atoms with Crippen molar-refractivity contribution in [2.45, 2.75) is 19.3 Å². The van der Waals surface area contributed by atoms with Gasteiger partial charge in [-0.15, -0.1) is 0 Å². The molecule has 2 aliphatic heterocycles. The zero-order chi connectivity index (χ0) is 24.4. The number of nitriles is 6. The first-order chi connectivity index (χ1) is 16.5. The summed E-state index contributed by atoms with van der Waals surface area (Å²) in [6, 6.07) is 11.6. The lowest BCUT2D eigenvalue weighted by Gasteiger charge is -2.15. The molecule has 1 aromatic heterocycles. The van der Waals surface area contributed by atoms with E-state index < -0.39 is 5.92 Å². The standard InChI is InChI=1S/C24H10N10/c1-12-5-14(7-26)17(9-28)32-23-20(12)21-15(4-2-3-13(6-25)16(8-27)31-21)22-24(23)34-19(11-30)18(10-29)33-22/h4,13H,1-3,5H2/b15-4+,31-16?. The van der Waals surface area contributed by atoms with Crippen LogP contribution in [0.4, 0.5) is 5.69 Å². The fourth-order valence-electron chi connectivity index (χ4n) is 3.88. The Balaban J connectivity index is 2.36. The molecule has 10 nitrogen and oxygen atoms in total. The van der Waals surface area contributed by atoms with Gasteiger partial charge in [0.1, 0.15) is 46.4 Å². The fraction of sp³-hybridized carbons (Fsp3) is 0.167. The van der Waals surface area contributed by atoms with Crippen LogP contribution in [-0.4, -0.2) is 15.7 Å². The summed E-state index contributed by atoms with van der Waals surface area (Å²) in [5, 5.41) is 57.9. The molecular weight excluding hydrogens is 428 g/mol. The monoisotopic (exact) mass is 438 g/mol. The number of allylic oxidation sites excluding steroid dienone is 3. The lowest BCUT2D eigenvalue weighted by atomic mass is 9.93. The Hall–Kier alpha value is -5.68. The minimum Gasteiger partial charge on any atom is -0.239 e. The first-order valence-electron chi connectivity index (χ1n) is 9.87. The van der Waals surface area contributed by atoms with Gasteiger partial charge in [-0.2, -0.15) is 31.6 Å². The fourth-order valence-corrected chi connectivity index (χ4v) is 3.88. The van der Waals surface area contributed by atoms with Gasteiger partial charge in [0, 0.05) is 17.2 Å². The first kappa shape index (κ1) is 21.5. The zero-order valence-corrected chi connectivity index (χ0v) is 17.5. The van der Waals surface area contributed by atoms with Crippen molar-refractivity contribution in [2.75, 3.05) is 0 Å². The van der Waals surface area contributed by atoms with Crippen LogP contribution in [0.2, 0.25) is 0 Å². The van der Waals surface area contributed by atoms with Crippen molar-refractivity contribution in [3.63, 3.8) is 0 Å². The maximum atomic E-state index is 9.70. The van der Waals surface area contributed by atoms with Gasteiger partial charge in [0.25, 0.3) is 0 Å². The average molecular weight is 438 g/mol. The Bertz CT molecular complexity index is 1760. The highest BCUT2D eigenvalue weighted by atomic mass is 14.9. The van der Waals surface area contributed by atoms with E-state index in [9.17, 15) is 31.6 Å². The van der Waals surface area contributed by atoms with Crippen molar-refractivity contribution in [1.82, 2.24) is 9.97 Å². The minimum atomic E-state index is -0.735. The number of aromatic nitrogens is 2. The van der Waals surface area contributed by atoms with E-state index in [-0.39, 0.29) is 56.9 Å². The third-order valence-corrected chi connectivity index (χ3v) is 5.45. The lowest BCUT2D eigenvalue weighted by molar-refractivity contribution is 0.785. The highest BCUT2D eigenvalue weighted by Crippen LogP contribution is 2.31. The van der Waals surface area contributed by atoms with Crippen molar-refractivity contribution in [3.8, 4) is 36.4 Å². The molecule has 1 aromatic carbocycles. The Labute approximate surface area is 192 Å². The quantitative estimate of drug-likeness (QED) is 0.595. The van der Waals surface area contributed by atoms with E-state index >= 15 is 0 Å². The molecule has 3 heterocycles. The van der Waals surface area contributed by atoms with Crippen LogP contribution in [0.5, 0.6) is 0 Å². The predicted octanol–water partition coefficient (Wildman–Crippen LogP) is 2.02. The van der Waals surface area contributed by atoms with Crippen LogP contribution in [0.1, 0.15) is 36.2 Å². The van der Waals surface area contributed by atoms with Crippen LogP contribution >= 0.6 is 0 Å². The Morgan fingerprint density at radius 2 is 1.56 bits per heavy atom. The van der Waals surface area contributed by atoms with E-state index in [2.05, 4.69) is 32.6 Å². The molecule has 0 aliphatic carbocycles. The van der Waals surface area contributed by atoms with Crippen molar-refractivity contribution in [2.24, 2.45) is 15.9 Å². The molecule has 0 bridgehead atoms. The highest BCUT2D eigenvalue weighted by Gasteiger charge is 2.26. The summed E-state index contributed by atoms with van der Waals surface area (Å²) in [4.78, 5) is 17.6. The molecule has 1 atom stereocenters. The third kappa shape index (κ3) is 3.23. The van der Waals surface area contributed by atoms with Gasteiger partial charge in [0.05, 0.1) is 29.3 Å². The molecule has 10 heteroatoms. The molecule has 0 saturated heterocycles. The Morgan fingerprint density at radius 3 is 2.15 bits per heavy atom. The molecule has 1 unspecified atom stereocenters. The molecule has 4 rings (SSSR count). The average Bonchev–Trinajstić information content (AvgIpc) is 2.99. The number of fused-ring (bicyclic) bond motifs is 6. The molecule has 156 valence electrons. The van der Waals surface area contributed by atoms with E-state index in [0.29, 0.717) is 29.2 Å². The second-order valence-corrected chi connectivity index (χ2v) is 7.34. The summed E-state index contributed by atoms with van der Waals surface area (Å²) in [7, 11) is 0. The van der Waals surface area contributed by atoms with Gasteiger partial charge in [-0.05, 0) is 18.4 Å². The zero-order valence-electron chi connectivity index (χ0n) is 17.5. The van der Waals surface area contributed by atoms with E-state index in [1.165, 1.54) is 0 Å². The summed E-state index contributed by atoms with van der Waals surface area (Å²) in [6.45, 7) is 4.07.